The second-order valence-electron chi connectivity index (χ2n) is 6.93. The Morgan fingerprint density at radius 3 is 2.46 bits per heavy atom. The van der Waals surface area contributed by atoms with Gasteiger partial charge in [0.05, 0.1) is 23.3 Å². The van der Waals surface area contributed by atoms with E-state index in [1.807, 2.05) is 18.2 Å². The fraction of sp³-hybridized carbons (Fsp3) is 0.217. The van der Waals surface area contributed by atoms with Gasteiger partial charge in [-0.1, -0.05) is 47.5 Å². The van der Waals surface area contributed by atoms with Crippen molar-refractivity contribution in [1.29, 1.82) is 0 Å². The van der Waals surface area contributed by atoms with E-state index >= 15 is 0 Å². The molecule has 0 spiro atoms. The molecule has 3 aromatic carbocycles. The van der Waals surface area contributed by atoms with Crippen molar-refractivity contribution in [1.82, 2.24) is 4.98 Å². The van der Waals surface area contributed by atoms with Crippen LogP contribution in [0.4, 0.5) is 0 Å². The molecule has 0 aliphatic rings. The van der Waals surface area contributed by atoms with E-state index in [1.54, 1.807) is 13.2 Å². The first-order chi connectivity index (χ1) is 13.6. The summed E-state index contributed by atoms with van der Waals surface area (Å²) in [5.74, 6) is 0.826. The number of halogens is 2. The van der Waals surface area contributed by atoms with Crippen LogP contribution < -0.4 is 10.5 Å². The van der Waals surface area contributed by atoms with Crippen LogP contribution in [-0.2, 0) is 6.42 Å². The predicted molar refractivity (Wildman–Crippen MR) is 120 cm³/mol. The molecule has 0 bridgehead atoms. The minimum Gasteiger partial charge on any atom is -0.496 e. The topological polar surface area (TPSA) is 51.0 Å². The second kappa shape index (κ2) is 8.04. The van der Waals surface area contributed by atoms with Crippen LogP contribution in [0.1, 0.15) is 18.4 Å². The highest BCUT2D eigenvalue weighted by molar-refractivity contribution is 6.38. The maximum atomic E-state index is 6.50. The van der Waals surface area contributed by atoms with Crippen LogP contribution in [0.15, 0.2) is 48.5 Å². The van der Waals surface area contributed by atoms with E-state index in [0.29, 0.717) is 16.6 Å². The van der Waals surface area contributed by atoms with E-state index in [1.165, 1.54) is 5.56 Å². The molecule has 3 N–H and O–H groups in total. The second-order valence-corrected chi connectivity index (χ2v) is 7.78. The number of nitrogens with one attached hydrogen (secondary N) is 1. The fourth-order valence-electron chi connectivity index (χ4n) is 3.79. The third-order valence-corrected chi connectivity index (χ3v) is 5.67. The summed E-state index contributed by atoms with van der Waals surface area (Å²) in [7, 11) is 1.70. The van der Waals surface area contributed by atoms with Crippen molar-refractivity contribution in [2.24, 2.45) is 5.73 Å². The molecule has 144 valence electrons. The first-order valence-corrected chi connectivity index (χ1v) is 10.1. The molecule has 0 atom stereocenters. The lowest BCUT2D eigenvalue weighted by atomic mass is 9.97. The number of benzene rings is 3. The fourth-order valence-corrected chi connectivity index (χ4v) is 4.33. The zero-order valence-electron chi connectivity index (χ0n) is 15.7. The molecule has 0 saturated heterocycles. The number of ether oxygens (including phenoxy) is 1. The molecule has 0 aliphatic heterocycles. The molecule has 4 aromatic rings. The molecule has 3 nitrogen and oxygen atoms in total. The first-order valence-electron chi connectivity index (χ1n) is 9.39. The smallest absolute Gasteiger partial charge is 0.128 e. The molecule has 0 unspecified atom stereocenters. The van der Waals surface area contributed by atoms with Gasteiger partial charge < -0.3 is 15.5 Å². The zero-order valence-corrected chi connectivity index (χ0v) is 17.2. The lowest BCUT2D eigenvalue weighted by Gasteiger charge is -2.12. The maximum absolute atomic E-state index is 6.50. The number of rotatable bonds is 6. The van der Waals surface area contributed by atoms with E-state index < -0.39 is 0 Å². The quantitative estimate of drug-likeness (QED) is 0.351. The number of H-pyrrole nitrogens is 1. The van der Waals surface area contributed by atoms with Gasteiger partial charge in [-0.05, 0) is 66.4 Å². The summed E-state index contributed by atoms with van der Waals surface area (Å²) in [6, 6.07) is 16.3. The van der Waals surface area contributed by atoms with Crippen molar-refractivity contribution in [3.05, 3.63) is 64.1 Å². The summed E-state index contributed by atoms with van der Waals surface area (Å²) in [6.07, 6.45) is 2.85. The lowest BCUT2D eigenvalue weighted by molar-refractivity contribution is 0.417. The van der Waals surface area contributed by atoms with Gasteiger partial charge in [0.15, 0.2) is 0 Å². The van der Waals surface area contributed by atoms with Crippen LogP contribution in [-0.4, -0.2) is 18.6 Å². The Hall–Kier alpha value is -2.20. The van der Waals surface area contributed by atoms with Crippen LogP contribution in [0.5, 0.6) is 5.75 Å². The van der Waals surface area contributed by atoms with Crippen LogP contribution in [0.2, 0.25) is 10.0 Å². The van der Waals surface area contributed by atoms with Crippen LogP contribution in [0, 0.1) is 0 Å². The number of aromatic amines is 1. The molecule has 0 amide bonds. The number of methoxy groups -OCH3 is 1. The molecular weight excluding hydrogens is 391 g/mol. The van der Waals surface area contributed by atoms with Crippen molar-refractivity contribution in [3.8, 4) is 17.0 Å². The lowest BCUT2D eigenvalue weighted by Crippen LogP contribution is -1.99. The zero-order chi connectivity index (χ0) is 19.7. The highest BCUT2D eigenvalue weighted by Crippen LogP contribution is 2.41. The van der Waals surface area contributed by atoms with Crippen molar-refractivity contribution >= 4 is 44.9 Å². The summed E-state index contributed by atoms with van der Waals surface area (Å²) in [6.45, 7) is 0.679. The molecule has 1 aromatic heterocycles. The first kappa shape index (κ1) is 19.1. The molecule has 0 aliphatic carbocycles. The number of aromatic nitrogens is 1. The van der Waals surface area contributed by atoms with Crippen LogP contribution in [0.25, 0.3) is 32.9 Å². The number of fused-ring (bicyclic) bond motifs is 2. The number of aryl methyl sites for hydroxylation is 1. The Kier molecular flexibility index (Phi) is 5.49. The Morgan fingerprint density at radius 2 is 1.75 bits per heavy atom. The average Bonchev–Trinajstić information content (AvgIpc) is 3.06. The van der Waals surface area contributed by atoms with E-state index in [4.69, 9.17) is 33.7 Å². The monoisotopic (exact) mass is 412 g/mol. The maximum Gasteiger partial charge on any atom is 0.128 e. The normalized spacial score (nSPS) is 11.4. The van der Waals surface area contributed by atoms with Gasteiger partial charge in [0.25, 0.3) is 0 Å². The minimum atomic E-state index is 0.619. The minimum absolute atomic E-state index is 0.619. The largest absolute Gasteiger partial charge is 0.496 e. The Bertz CT molecular complexity index is 1150. The molecule has 4 rings (SSSR count). The highest BCUT2D eigenvalue weighted by atomic mass is 35.5. The predicted octanol–water partition coefficient (Wildman–Crippen LogP) is 6.58. The number of nitrogens with two attached hydrogens (primary N) is 1. The highest BCUT2D eigenvalue weighted by Gasteiger charge is 2.19. The number of hydrogen-bond donors (Lipinski definition) is 2. The SMILES string of the molecule is COc1cc2ccccc2cc1-c1[nH]c2c(Cl)cc(Cl)cc2c1CCCCN. The van der Waals surface area contributed by atoms with E-state index in [-0.39, 0.29) is 0 Å². The Balaban J connectivity index is 1.98. The van der Waals surface area contributed by atoms with Gasteiger partial charge in [0.2, 0.25) is 0 Å². The summed E-state index contributed by atoms with van der Waals surface area (Å²) >= 11 is 12.8. The summed E-state index contributed by atoms with van der Waals surface area (Å²) in [4.78, 5) is 3.54. The van der Waals surface area contributed by atoms with Gasteiger partial charge in [0.1, 0.15) is 5.75 Å². The van der Waals surface area contributed by atoms with Gasteiger partial charge in [-0.3, -0.25) is 0 Å². The summed E-state index contributed by atoms with van der Waals surface area (Å²) in [5, 5.41) is 4.61. The number of unbranched alkanes of at least 4 members (excludes halogenated alkanes) is 1. The van der Waals surface area contributed by atoms with Gasteiger partial charge in [-0.25, -0.2) is 0 Å². The van der Waals surface area contributed by atoms with Crippen molar-refractivity contribution < 1.29 is 4.74 Å². The van der Waals surface area contributed by atoms with Crippen LogP contribution >= 0.6 is 23.2 Å². The van der Waals surface area contributed by atoms with Crippen molar-refractivity contribution in [2.45, 2.75) is 19.3 Å². The molecule has 0 radical (unpaired) electrons. The van der Waals surface area contributed by atoms with Gasteiger partial charge in [-0.15, -0.1) is 0 Å². The molecule has 1 heterocycles. The molecule has 0 fully saturated rings. The average molecular weight is 413 g/mol. The van der Waals surface area contributed by atoms with E-state index in [2.05, 4.69) is 29.2 Å². The molecular formula is C23H22Cl2N2O. The van der Waals surface area contributed by atoms with Gasteiger partial charge in [-0.2, -0.15) is 0 Å². The molecule has 28 heavy (non-hydrogen) atoms. The van der Waals surface area contributed by atoms with Crippen molar-refractivity contribution in [3.63, 3.8) is 0 Å². The van der Waals surface area contributed by atoms with Crippen LogP contribution in [0.3, 0.4) is 0 Å². The molecule has 0 saturated carbocycles. The summed E-state index contributed by atoms with van der Waals surface area (Å²) in [5.41, 5.74) is 9.86. The van der Waals surface area contributed by atoms with Gasteiger partial charge >= 0.3 is 0 Å². The Labute approximate surface area is 174 Å². The summed E-state index contributed by atoms with van der Waals surface area (Å²) < 4.78 is 5.74. The van der Waals surface area contributed by atoms with Crippen molar-refractivity contribution in [2.75, 3.05) is 13.7 Å². The number of hydrogen-bond acceptors (Lipinski definition) is 2. The Morgan fingerprint density at radius 1 is 1.00 bits per heavy atom. The van der Waals surface area contributed by atoms with E-state index in [0.717, 1.165) is 57.9 Å². The van der Waals surface area contributed by atoms with Gasteiger partial charge in [0, 0.05) is 16.0 Å². The van der Waals surface area contributed by atoms with E-state index in [9.17, 15) is 0 Å². The standard InChI is InChI=1S/C23H22Cl2N2O/c1-28-21-11-15-7-3-2-6-14(15)10-19(21)22-17(8-4-5-9-26)18-12-16(24)13-20(25)23(18)27-22/h2-3,6-7,10-13,27H,4-5,8-9,26H2,1H3. The third-order valence-electron chi connectivity index (χ3n) is 5.15. The third kappa shape index (κ3) is 3.46. The molecule has 5 heteroatoms.